The molecule has 2 aromatic carbocycles. The van der Waals surface area contributed by atoms with E-state index in [2.05, 4.69) is 43.7 Å². The fraction of sp³-hybridized carbons (Fsp3) is 0.133. The SMILES string of the molecule is NCCc1ccc(Br)cc1-n1cnc2ccccc21. The van der Waals surface area contributed by atoms with E-state index in [9.17, 15) is 0 Å². The highest BCUT2D eigenvalue weighted by atomic mass is 79.9. The minimum absolute atomic E-state index is 0.640. The summed E-state index contributed by atoms with van der Waals surface area (Å²) in [5.74, 6) is 0. The third-order valence-corrected chi connectivity index (χ3v) is 3.67. The summed E-state index contributed by atoms with van der Waals surface area (Å²) in [4.78, 5) is 4.44. The zero-order chi connectivity index (χ0) is 13.2. The van der Waals surface area contributed by atoms with E-state index in [1.165, 1.54) is 5.56 Å². The number of halogens is 1. The zero-order valence-electron chi connectivity index (χ0n) is 10.4. The van der Waals surface area contributed by atoms with Gasteiger partial charge in [0.15, 0.2) is 0 Å². The van der Waals surface area contributed by atoms with Crippen LogP contribution in [0.5, 0.6) is 0 Å². The number of aromatic nitrogens is 2. The summed E-state index contributed by atoms with van der Waals surface area (Å²) in [6, 6.07) is 14.4. The van der Waals surface area contributed by atoms with Gasteiger partial charge >= 0.3 is 0 Å². The second-order valence-corrected chi connectivity index (χ2v) is 5.33. The van der Waals surface area contributed by atoms with Gasteiger partial charge in [-0.3, -0.25) is 4.57 Å². The van der Waals surface area contributed by atoms with Crippen molar-refractivity contribution in [1.29, 1.82) is 0 Å². The lowest BCUT2D eigenvalue weighted by atomic mass is 10.1. The van der Waals surface area contributed by atoms with Gasteiger partial charge in [0.25, 0.3) is 0 Å². The number of hydrogen-bond donors (Lipinski definition) is 1. The van der Waals surface area contributed by atoms with Gasteiger partial charge in [0.05, 0.1) is 16.7 Å². The van der Waals surface area contributed by atoms with Gasteiger partial charge in [0.2, 0.25) is 0 Å². The van der Waals surface area contributed by atoms with E-state index < -0.39 is 0 Å². The first-order valence-electron chi connectivity index (χ1n) is 6.20. The molecule has 4 heteroatoms. The molecule has 0 fully saturated rings. The molecular formula is C15H14BrN3. The van der Waals surface area contributed by atoms with E-state index in [1.807, 2.05) is 30.6 Å². The summed E-state index contributed by atoms with van der Waals surface area (Å²) in [5.41, 5.74) is 10.2. The Hall–Kier alpha value is -1.65. The van der Waals surface area contributed by atoms with Gasteiger partial charge in [-0.25, -0.2) is 4.98 Å². The predicted molar refractivity (Wildman–Crippen MR) is 81.5 cm³/mol. The fourth-order valence-electron chi connectivity index (χ4n) is 2.28. The van der Waals surface area contributed by atoms with Gasteiger partial charge < -0.3 is 5.73 Å². The lowest BCUT2D eigenvalue weighted by molar-refractivity contribution is 0.941. The van der Waals surface area contributed by atoms with Crippen LogP contribution >= 0.6 is 15.9 Å². The van der Waals surface area contributed by atoms with Crippen LogP contribution in [0.3, 0.4) is 0 Å². The van der Waals surface area contributed by atoms with Crippen LogP contribution in [0, 0.1) is 0 Å². The standard InChI is InChI=1S/C15H14BrN3/c16-12-6-5-11(7-8-17)15(9-12)19-10-18-13-3-1-2-4-14(13)19/h1-6,9-10H,7-8,17H2. The number of nitrogens with two attached hydrogens (primary N) is 1. The monoisotopic (exact) mass is 315 g/mol. The molecule has 0 amide bonds. The summed E-state index contributed by atoms with van der Waals surface area (Å²) in [6.45, 7) is 0.640. The maximum absolute atomic E-state index is 5.70. The summed E-state index contributed by atoms with van der Waals surface area (Å²) in [7, 11) is 0. The van der Waals surface area contributed by atoms with Crippen molar-refractivity contribution in [2.24, 2.45) is 5.73 Å². The molecule has 0 spiro atoms. The summed E-state index contributed by atoms with van der Waals surface area (Å²) >= 11 is 3.53. The second kappa shape index (κ2) is 5.15. The molecule has 0 unspecified atom stereocenters. The van der Waals surface area contributed by atoms with Gasteiger partial charge in [-0.05, 0) is 42.8 Å². The summed E-state index contributed by atoms with van der Waals surface area (Å²) in [6.07, 6.45) is 2.72. The lowest BCUT2D eigenvalue weighted by Crippen LogP contribution is -2.06. The Morgan fingerprint density at radius 2 is 2.00 bits per heavy atom. The van der Waals surface area contributed by atoms with Crippen LogP contribution in [0.15, 0.2) is 53.3 Å². The van der Waals surface area contributed by atoms with E-state index in [0.717, 1.165) is 27.6 Å². The van der Waals surface area contributed by atoms with Crippen molar-refractivity contribution in [2.45, 2.75) is 6.42 Å². The maximum Gasteiger partial charge on any atom is 0.100 e. The van der Waals surface area contributed by atoms with Crippen LogP contribution in [0.4, 0.5) is 0 Å². The predicted octanol–water partition coefficient (Wildman–Crippen LogP) is 3.29. The van der Waals surface area contributed by atoms with Gasteiger partial charge in [0, 0.05) is 4.47 Å². The molecule has 0 saturated carbocycles. The smallest absolute Gasteiger partial charge is 0.100 e. The lowest BCUT2D eigenvalue weighted by Gasteiger charge is -2.11. The first kappa shape index (κ1) is 12.4. The van der Waals surface area contributed by atoms with Crippen molar-refractivity contribution < 1.29 is 0 Å². The molecule has 0 aliphatic heterocycles. The van der Waals surface area contributed by atoms with Gasteiger partial charge in [0.1, 0.15) is 6.33 Å². The molecule has 19 heavy (non-hydrogen) atoms. The van der Waals surface area contributed by atoms with Crippen LogP contribution in [0.25, 0.3) is 16.7 Å². The van der Waals surface area contributed by atoms with E-state index >= 15 is 0 Å². The Kier molecular flexibility index (Phi) is 3.36. The normalized spacial score (nSPS) is 11.1. The number of nitrogens with zero attached hydrogens (tertiary/aromatic N) is 2. The van der Waals surface area contributed by atoms with Crippen molar-refractivity contribution in [1.82, 2.24) is 9.55 Å². The average molecular weight is 316 g/mol. The Morgan fingerprint density at radius 1 is 1.16 bits per heavy atom. The van der Waals surface area contributed by atoms with Crippen LogP contribution in [0.2, 0.25) is 0 Å². The molecule has 0 aliphatic carbocycles. The fourth-order valence-corrected chi connectivity index (χ4v) is 2.63. The topological polar surface area (TPSA) is 43.8 Å². The Bertz CT molecular complexity index is 718. The first-order valence-corrected chi connectivity index (χ1v) is 7.00. The number of hydrogen-bond acceptors (Lipinski definition) is 2. The first-order chi connectivity index (χ1) is 9.29. The van der Waals surface area contributed by atoms with Crippen LogP contribution < -0.4 is 5.73 Å². The minimum Gasteiger partial charge on any atom is -0.330 e. The van der Waals surface area contributed by atoms with Gasteiger partial charge in [-0.15, -0.1) is 0 Å². The molecule has 2 N–H and O–H groups in total. The molecule has 3 aromatic rings. The highest BCUT2D eigenvalue weighted by molar-refractivity contribution is 9.10. The van der Waals surface area contributed by atoms with Crippen LogP contribution in [-0.4, -0.2) is 16.1 Å². The molecule has 3 nitrogen and oxygen atoms in total. The largest absolute Gasteiger partial charge is 0.330 e. The summed E-state index contributed by atoms with van der Waals surface area (Å²) in [5, 5.41) is 0. The molecule has 0 radical (unpaired) electrons. The molecule has 0 saturated heterocycles. The molecule has 0 bridgehead atoms. The molecule has 0 atom stereocenters. The number of benzene rings is 2. The van der Waals surface area contributed by atoms with Crippen molar-refractivity contribution in [3.05, 3.63) is 58.8 Å². The number of rotatable bonds is 3. The molecule has 96 valence electrons. The molecular weight excluding hydrogens is 302 g/mol. The van der Waals surface area contributed by atoms with Crippen LogP contribution in [0.1, 0.15) is 5.56 Å². The Labute approximate surface area is 120 Å². The highest BCUT2D eigenvalue weighted by Crippen LogP contribution is 2.24. The minimum atomic E-state index is 0.640. The van der Waals surface area contributed by atoms with Gasteiger partial charge in [-0.2, -0.15) is 0 Å². The second-order valence-electron chi connectivity index (χ2n) is 4.41. The number of fused-ring (bicyclic) bond motifs is 1. The number of imidazole rings is 1. The van der Waals surface area contributed by atoms with Gasteiger partial charge in [-0.1, -0.05) is 34.1 Å². The third kappa shape index (κ3) is 2.29. The van der Waals surface area contributed by atoms with E-state index in [0.29, 0.717) is 6.54 Å². The molecule has 0 aliphatic rings. The third-order valence-electron chi connectivity index (χ3n) is 3.17. The van der Waals surface area contributed by atoms with E-state index in [1.54, 1.807) is 0 Å². The zero-order valence-corrected chi connectivity index (χ0v) is 12.0. The summed E-state index contributed by atoms with van der Waals surface area (Å²) < 4.78 is 3.17. The highest BCUT2D eigenvalue weighted by Gasteiger charge is 2.08. The molecule has 3 rings (SSSR count). The quantitative estimate of drug-likeness (QED) is 0.806. The Balaban J connectivity index is 2.23. The van der Waals surface area contributed by atoms with E-state index in [4.69, 9.17) is 5.73 Å². The van der Waals surface area contributed by atoms with Crippen LogP contribution in [-0.2, 0) is 6.42 Å². The molecule has 1 heterocycles. The van der Waals surface area contributed by atoms with Crippen molar-refractivity contribution in [3.63, 3.8) is 0 Å². The van der Waals surface area contributed by atoms with E-state index in [-0.39, 0.29) is 0 Å². The van der Waals surface area contributed by atoms with Crippen molar-refractivity contribution in [3.8, 4) is 5.69 Å². The van der Waals surface area contributed by atoms with Crippen molar-refractivity contribution >= 4 is 27.0 Å². The van der Waals surface area contributed by atoms with Crippen molar-refractivity contribution in [2.75, 3.05) is 6.54 Å². The average Bonchev–Trinajstić information content (AvgIpc) is 2.85. The molecule has 1 aromatic heterocycles. The Morgan fingerprint density at radius 3 is 2.84 bits per heavy atom. The maximum atomic E-state index is 5.70. The number of para-hydroxylation sites is 2.